The normalized spacial score (nSPS) is 15.4. The zero-order chi connectivity index (χ0) is 49.9. The van der Waals surface area contributed by atoms with E-state index in [9.17, 15) is 24.0 Å². The number of aryl methyl sites for hydroxylation is 2. The van der Waals surface area contributed by atoms with Crippen LogP contribution in [0.25, 0.3) is 44.2 Å². The molecule has 5 heterocycles. The summed E-state index contributed by atoms with van der Waals surface area (Å²) in [6, 6.07) is 17.1. The van der Waals surface area contributed by atoms with Gasteiger partial charge in [0.1, 0.15) is 30.4 Å². The highest BCUT2D eigenvalue weighted by Gasteiger charge is 2.55. The lowest BCUT2D eigenvalue weighted by atomic mass is 9.60. The summed E-state index contributed by atoms with van der Waals surface area (Å²) >= 11 is 13.5. The molecule has 17 nitrogen and oxygen atoms in total. The Labute approximate surface area is 418 Å². The summed E-state index contributed by atoms with van der Waals surface area (Å²) in [7, 11) is 3.42. The van der Waals surface area contributed by atoms with E-state index in [4.69, 9.17) is 33.0 Å². The van der Waals surface area contributed by atoms with Crippen LogP contribution in [0.5, 0.6) is 5.75 Å². The second kappa shape index (κ2) is 18.7. The molecule has 1 saturated carbocycles. The first-order valence-corrected chi connectivity index (χ1v) is 24.1. The van der Waals surface area contributed by atoms with Gasteiger partial charge in [-0.05, 0) is 92.3 Å². The molecule has 2 aliphatic heterocycles. The number of amides is 5. The van der Waals surface area contributed by atoms with Gasteiger partial charge in [0.25, 0.3) is 11.8 Å². The van der Waals surface area contributed by atoms with Crippen LogP contribution in [0, 0.1) is 19.3 Å². The Hall–Kier alpha value is -7.50. The highest BCUT2D eigenvalue weighted by atomic mass is 35.5. The number of hydrogen-bond donors (Lipinski definition) is 4. The summed E-state index contributed by atoms with van der Waals surface area (Å²) in [6.45, 7) is 9.54. The summed E-state index contributed by atoms with van der Waals surface area (Å²) in [5.41, 5.74) is 9.92. The van der Waals surface area contributed by atoms with Crippen molar-refractivity contribution in [1.82, 2.24) is 50.2 Å². The molecular formula is C52H51Cl2N11O6. The number of carbonyl (C=O) groups excluding carboxylic acids is 5. The molecule has 4 aromatic carbocycles. The van der Waals surface area contributed by atoms with Crippen LogP contribution in [-0.2, 0) is 34.5 Å². The number of nitrogens with zero attached hydrogens (tertiary/aromatic N) is 7. The summed E-state index contributed by atoms with van der Waals surface area (Å²) in [5.74, 6) is -0.539. The fraction of sp³-hybridized carbons (Fsp3) is 0.308. The number of aromatic amines is 1. The number of aldehydes is 1. The Morgan fingerprint density at radius 3 is 2.61 bits per heavy atom. The molecule has 1 unspecified atom stereocenters. The summed E-state index contributed by atoms with van der Waals surface area (Å²) in [4.78, 5) is 67.0. The van der Waals surface area contributed by atoms with Crippen molar-refractivity contribution in [3.8, 4) is 28.1 Å². The van der Waals surface area contributed by atoms with Gasteiger partial charge in [0.15, 0.2) is 0 Å². The molecule has 4 N–H and O–H groups in total. The van der Waals surface area contributed by atoms with Gasteiger partial charge in [-0.2, -0.15) is 15.3 Å². The molecule has 10 rings (SSSR count). The Morgan fingerprint density at radius 1 is 1.03 bits per heavy atom. The zero-order valence-corrected chi connectivity index (χ0v) is 41.1. The van der Waals surface area contributed by atoms with E-state index in [2.05, 4.69) is 67.6 Å². The first-order chi connectivity index (χ1) is 34.1. The molecule has 1 spiro atoms. The average molecular weight is 997 g/mol. The number of hydrogen-bond acceptors (Lipinski definition) is 9. The van der Waals surface area contributed by atoms with Crippen molar-refractivity contribution in [2.24, 2.45) is 12.5 Å². The van der Waals surface area contributed by atoms with E-state index < -0.39 is 12.1 Å². The molecule has 1 saturated heterocycles. The quantitative estimate of drug-likeness (QED) is 0.0579. The monoisotopic (exact) mass is 995 g/mol. The number of likely N-dealkylation sites (N-methyl/N-ethyl adjacent to an activating group) is 1. The average Bonchev–Trinajstić information content (AvgIpc) is 4.12. The largest absolute Gasteiger partial charge is 0.487 e. The lowest BCUT2D eigenvalue weighted by Gasteiger charge is -2.59. The van der Waals surface area contributed by atoms with Crippen LogP contribution in [0.3, 0.4) is 0 Å². The van der Waals surface area contributed by atoms with Gasteiger partial charge in [0.05, 0.1) is 40.2 Å². The maximum Gasteiger partial charge on any atom is 0.319 e. The van der Waals surface area contributed by atoms with Crippen molar-refractivity contribution >= 4 is 80.7 Å². The van der Waals surface area contributed by atoms with Gasteiger partial charge < -0.3 is 35.3 Å². The maximum atomic E-state index is 13.7. The van der Waals surface area contributed by atoms with Crippen LogP contribution in [0.2, 0.25) is 10.0 Å². The maximum absolute atomic E-state index is 13.7. The lowest BCUT2D eigenvalue weighted by molar-refractivity contribution is -0.150. The molecular weight excluding hydrogens is 946 g/mol. The molecule has 19 heteroatoms. The number of aromatic nitrogens is 6. The molecule has 71 heavy (non-hydrogen) atoms. The molecule has 0 bridgehead atoms. The molecule has 0 radical (unpaired) electrons. The van der Waals surface area contributed by atoms with Crippen LogP contribution in [0.15, 0.2) is 85.2 Å². The minimum atomic E-state index is -0.781. The fourth-order valence-electron chi connectivity index (χ4n) is 10.5. The lowest BCUT2D eigenvalue weighted by Crippen LogP contribution is -2.64. The second-order valence-corrected chi connectivity index (χ2v) is 19.7. The van der Waals surface area contributed by atoms with Crippen molar-refractivity contribution in [1.29, 1.82) is 0 Å². The Bertz CT molecular complexity index is 3340. The third-order valence-electron chi connectivity index (χ3n) is 14.1. The van der Waals surface area contributed by atoms with E-state index in [1.54, 1.807) is 35.2 Å². The standard InChI is InChI=1S/C52H51Cl2N11O6/c1-28-15-39-38(23-57-60-39)45(46(28)54)44-30(3)65(61-47(44)32-9-12-41-33(17-32)22-58-62(41)5)36-19-52(20-36)26-63(27-52)49(68)29(2)25-71-43-13-10-35(53)18-40(43)59-51(70)56-21-31-8-11-37-34(16-31)24-64(50(37)69)42(7-6-14-66)48(67)55-4/h8-18,22-23,36,42H,2,6-7,19-21,24-27H2,1,3-5H3,(H,55,67)(H,57,60)(H2,56,59,70). The number of nitrogens with one attached hydrogen (secondary N) is 4. The molecule has 364 valence electrons. The van der Waals surface area contributed by atoms with Crippen molar-refractivity contribution < 1.29 is 28.7 Å². The summed E-state index contributed by atoms with van der Waals surface area (Å²) in [5, 5.41) is 28.4. The number of halogens is 2. The van der Waals surface area contributed by atoms with Crippen LogP contribution < -0.4 is 20.7 Å². The number of ether oxygens (including phenoxy) is 1. The molecule has 3 aliphatic rings. The van der Waals surface area contributed by atoms with E-state index in [-0.39, 0.29) is 67.3 Å². The predicted octanol–water partition coefficient (Wildman–Crippen LogP) is 8.07. The summed E-state index contributed by atoms with van der Waals surface area (Å²) in [6.07, 6.45) is 6.45. The van der Waals surface area contributed by atoms with Gasteiger partial charge in [0.2, 0.25) is 5.91 Å². The molecule has 2 fully saturated rings. The highest BCUT2D eigenvalue weighted by Crippen LogP contribution is 2.56. The number of rotatable bonds is 15. The van der Waals surface area contributed by atoms with Crippen molar-refractivity contribution in [3.05, 3.63) is 123 Å². The molecule has 1 aliphatic carbocycles. The van der Waals surface area contributed by atoms with E-state index >= 15 is 0 Å². The first kappa shape index (κ1) is 47.2. The van der Waals surface area contributed by atoms with E-state index in [1.165, 1.54) is 11.9 Å². The van der Waals surface area contributed by atoms with Gasteiger partial charge in [0, 0.05) is 101 Å². The molecule has 1 atom stereocenters. The van der Waals surface area contributed by atoms with Crippen molar-refractivity contribution in [2.75, 3.05) is 32.1 Å². The van der Waals surface area contributed by atoms with Crippen LogP contribution >= 0.6 is 23.2 Å². The van der Waals surface area contributed by atoms with Gasteiger partial charge in [-0.15, -0.1) is 0 Å². The Kier molecular flexibility index (Phi) is 12.4. The van der Waals surface area contributed by atoms with Gasteiger partial charge in [-0.1, -0.05) is 48.0 Å². The minimum absolute atomic E-state index is 0.0423. The number of fused-ring (bicyclic) bond motifs is 3. The number of carbonyl (C=O) groups is 5. The van der Waals surface area contributed by atoms with Crippen LogP contribution in [-0.4, -0.2) is 102 Å². The Morgan fingerprint density at radius 2 is 1.83 bits per heavy atom. The third-order valence-corrected chi connectivity index (χ3v) is 14.9. The second-order valence-electron chi connectivity index (χ2n) is 18.9. The number of likely N-dealkylation sites (tertiary alicyclic amines) is 1. The Balaban J connectivity index is 0.758. The number of anilines is 1. The van der Waals surface area contributed by atoms with Crippen LogP contribution in [0.4, 0.5) is 10.5 Å². The fourth-order valence-corrected chi connectivity index (χ4v) is 10.9. The van der Waals surface area contributed by atoms with Gasteiger partial charge >= 0.3 is 6.03 Å². The van der Waals surface area contributed by atoms with E-state index in [1.807, 2.05) is 43.2 Å². The third kappa shape index (κ3) is 8.66. The molecule has 5 amide bonds. The smallest absolute Gasteiger partial charge is 0.319 e. The number of benzene rings is 4. The minimum Gasteiger partial charge on any atom is -0.487 e. The first-order valence-electron chi connectivity index (χ1n) is 23.3. The van der Waals surface area contributed by atoms with Gasteiger partial charge in [-0.25, -0.2) is 4.79 Å². The summed E-state index contributed by atoms with van der Waals surface area (Å²) < 4.78 is 10.1. The van der Waals surface area contributed by atoms with Crippen LogP contribution in [0.1, 0.15) is 64.5 Å². The van der Waals surface area contributed by atoms with Crippen molar-refractivity contribution in [3.63, 3.8) is 0 Å². The number of urea groups is 1. The zero-order valence-electron chi connectivity index (χ0n) is 39.6. The van der Waals surface area contributed by atoms with E-state index in [0.29, 0.717) is 45.7 Å². The topological polar surface area (TPSA) is 201 Å². The SMILES string of the molecule is C=C(COc1ccc(Cl)cc1NC(=O)NCc1ccc2c(c1)CN(C(CCC=O)C(=O)NC)C2=O)C(=O)N1CC2(CC(n3nc(-c4ccc5c(cnn5C)c4)c(-c4c(Cl)c(C)cc5[nH]ncc45)c3C)C2)C1. The predicted molar refractivity (Wildman–Crippen MR) is 270 cm³/mol. The highest BCUT2D eigenvalue weighted by molar-refractivity contribution is 6.36. The number of H-pyrrole nitrogens is 1. The van der Waals surface area contributed by atoms with Gasteiger partial charge in [-0.3, -0.25) is 28.8 Å². The molecule has 3 aromatic heterocycles. The van der Waals surface area contributed by atoms with Crippen molar-refractivity contribution in [2.45, 2.75) is 64.7 Å². The van der Waals surface area contributed by atoms with E-state index in [0.717, 1.165) is 80.1 Å². The molecule has 7 aromatic rings.